The molecule has 27 heavy (non-hydrogen) atoms. The van der Waals surface area contributed by atoms with Gasteiger partial charge in [0, 0.05) is 0 Å². The minimum atomic E-state index is -8.12. The van der Waals surface area contributed by atoms with Gasteiger partial charge in [0.25, 0.3) is 0 Å². The molecule has 0 aliphatic rings. The average Bonchev–Trinajstić information content (AvgIpc) is 2.30. The van der Waals surface area contributed by atoms with E-state index in [4.69, 9.17) is 0 Å². The minimum absolute atomic E-state index is 5.64. The number of rotatable bonds is 3. The van der Waals surface area contributed by atoms with Crippen LogP contribution in [-0.2, 0) is 0 Å². The predicted octanol–water partition coefficient (Wildman–Crippen LogP) is 6.44. The second-order valence-corrected chi connectivity index (χ2v) is 4.49. The van der Waals surface area contributed by atoms with Crippen molar-refractivity contribution in [2.45, 2.75) is 42.2 Å². The van der Waals surface area contributed by atoms with Crippen LogP contribution >= 0.6 is 0 Å². The molecule has 0 saturated carbocycles. The van der Waals surface area contributed by atoms with Gasteiger partial charge >= 0.3 is 42.2 Å². The van der Waals surface area contributed by atoms with E-state index in [0.29, 0.717) is 0 Å². The summed E-state index contributed by atoms with van der Waals surface area (Å²) in [6.07, 6.45) is -31.1. The highest BCUT2D eigenvalue weighted by molar-refractivity contribution is 5.34. The molecule has 0 aromatic rings. The predicted molar refractivity (Wildman–Crippen MR) is 46.1 cm³/mol. The molecule has 0 atom stereocenters. The lowest BCUT2D eigenvalue weighted by atomic mass is 9.92. The van der Waals surface area contributed by atoms with Gasteiger partial charge < -0.3 is 0 Å². The van der Waals surface area contributed by atoms with Crippen LogP contribution in [0.5, 0.6) is 0 Å². The van der Waals surface area contributed by atoms with E-state index in [-0.39, 0.29) is 0 Å². The Kier molecular flexibility index (Phi) is 5.90. The summed E-state index contributed by atoms with van der Waals surface area (Å²) in [6, 6.07) is 0. The quantitative estimate of drug-likeness (QED) is 0.435. The normalized spacial score (nSPS) is 17.1. The maximum atomic E-state index is 13.2. The number of hydrogen-bond acceptors (Lipinski definition) is 0. The third kappa shape index (κ3) is 3.88. The monoisotopic (exact) mass is 450 g/mol. The van der Waals surface area contributed by atoms with Gasteiger partial charge in [-0.1, -0.05) is 0 Å². The van der Waals surface area contributed by atoms with Crippen molar-refractivity contribution in [3.8, 4) is 0 Å². The molecule has 0 aliphatic heterocycles. The van der Waals surface area contributed by atoms with E-state index < -0.39 is 53.6 Å². The standard InChI is InChI=1S/C9F18/c10-2(3(11,7(19,20)21)8(22,23)24)1(5(14,15)16)4(12,13)6(17,18)9(25,26)27. The first kappa shape index (κ1) is 25.5. The fraction of sp³-hybridized carbons (Fsp3) is 0.778. The molecule has 0 spiro atoms. The molecular formula is C9F18. The van der Waals surface area contributed by atoms with Crippen molar-refractivity contribution in [3.63, 3.8) is 0 Å². The zero-order chi connectivity index (χ0) is 22.7. The van der Waals surface area contributed by atoms with Crippen molar-refractivity contribution >= 4 is 0 Å². The second-order valence-electron chi connectivity index (χ2n) is 4.49. The summed E-state index contributed by atoms with van der Waals surface area (Å²) < 4.78 is 223. The number of allylic oxidation sites excluding steroid dienone is 2. The van der Waals surface area contributed by atoms with Gasteiger partial charge in [0.15, 0.2) is 5.83 Å². The first-order valence-corrected chi connectivity index (χ1v) is 5.40. The number of alkyl halides is 17. The molecule has 0 N–H and O–H groups in total. The van der Waals surface area contributed by atoms with E-state index in [1.54, 1.807) is 0 Å². The van der Waals surface area contributed by atoms with E-state index in [0.717, 1.165) is 0 Å². The Labute approximate surface area is 134 Å². The van der Waals surface area contributed by atoms with Gasteiger partial charge in [-0.05, 0) is 0 Å². The van der Waals surface area contributed by atoms with Gasteiger partial charge in [0.1, 0.15) is 5.57 Å². The molecule has 18 heteroatoms. The van der Waals surface area contributed by atoms with Crippen LogP contribution in [0.4, 0.5) is 79.0 Å². The Hall–Kier alpha value is -1.52. The third-order valence-electron chi connectivity index (χ3n) is 2.65. The topological polar surface area (TPSA) is 0 Å². The highest BCUT2D eigenvalue weighted by atomic mass is 19.4. The first-order chi connectivity index (χ1) is 11.3. The van der Waals surface area contributed by atoms with Crippen LogP contribution in [-0.4, -0.2) is 42.2 Å². The number of halogens is 18. The molecular weight excluding hydrogens is 450 g/mol. The Morgan fingerprint density at radius 1 is 0.444 bits per heavy atom. The van der Waals surface area contributed by atoms with E-state index in [2.05, 4.69) is 0 Å². The zero-order valence-electron chi connectivity index (χ0n) is 11.3. The smallest absolute Gasteiger partial charge is 0.215 e. The summed E-state index contributed by atoms with van der Waals surface area (Å²) in [5.41, 5.74) is -13.6. The molecule has 0 aromatic carbocycles. The van der Waals surface area contributed by atoms with Crippen molar-refractivity contribution in [1.82, 2.24) is 0 Å². The van der Waals surface area contributed by atoms with Crippen molar-refractivity contribution in [2.24, 2.45) is 0 Å². The van der Waals surface area contributed by atoms with Crippen LogP contribution < -0.4 is 0 Å². The first-order valence-electron chi connectivity index (χ1n) is 5.40. The lowest BCUT2D eigenvalue weighted by molar-refractivity contribution is -0.355. The van der Waals surface area contributed by atoms with Gasteiger partial charge in [-0.2, -0.15) is 70.2 Å². The summed E-state index contributed by atoms with van der Waals surface area (Å²) in [5, 5.41) is 0. The lowest BCUT2D eigenvalue weighted by Gasteiger charge is -2.34. The molecule has 0 aromatic heterocycles. The molecule has 0 heterocycles. The lowest BCUT2D eigenvalue weighted by Crippen LogP contribution is -2.59. The maximum absolute atomic E-state index is 13.2. The highest BCUT2D eigenvalue weighted by Crippen LogP contribution is 2.59. The van der Waals surface area contributed by atoms with E-state index in [9.17, 15) is 79.0 Å². The molecule has 0 unspecified atom stereocenters. The third-order valence-corrected chi connectivity index (χ3v) is 2.65. The molecule has 0 aliphatic carbocycles. The Balaban J connectivity index is 7.35. The van der Waals surface area contributed by atoms with Crippen molar-refractivity contribution in [1.29, 1.82) is 0 Å². The van der Waals surface area contributed by atoms with Gasteiger partial charge in [-0.15, -0.1) is 0 Å². The van der Waals surface area contributed by atoms with Gasteiger partial charge in [0.05, 0.1) is 0 Å². The van der Waals surface area contributed by atoms with Crippen LogP contribution in [0.15, 0.2) is 11.4 Å². The van der Waals surface area contributed by atoms with Crippen LogP contribution in [0.25, 0.3) is 0 Å². The summed E-state index contributed by atoms with van der Waals surface area (Å²) in [4.78, 5) is 0. The molecule has 162 valence electrons. The van der Waals surface area contributed by atoms with Crippen molar-refractivity contribution < 1.29 is 79.0 Å². The second kappa shape index (κ2) is 6.25. The van der Waals surface area contributed by atoms with Gasteiger partial charge in [-0.25, -0.2) is 8.78 Å². The Bertz CT molecular complexity index is 562. The van der Waals surface area contributed by atoms with Crippen molar-refractivity contribution in [2.75, 3.05) is 0 Å². The molecule has 0 saturated heterocycles. The summed E-state index contributed by atoms with van der Waals surface area (Å²) in [5.74, 6) is -21.8. The Morgan fingerprint density at radius 3 is 0.926 bits per heavy atom. The molecule has 0 radical (unpaired) electrons. The van der Waals surface area contributed by atoms with Crippen LogP contribution in [0.2, 0.25) is 0 Å². The number of hydrogen-bond donors (Lipinski definition) is 0. The molecule has 0 nitrogen and oxygen atoms in total. The van der Waals surface area contributed by atoms with Crippen LogP contribution in [0.3, 0.4) is 0 Å². The summed E-state index contributed by atoms with van der Waals surface area (Å²) in [6.45, 7) is 0. The van der Waals surface area contributed by atoms with Crippen LogP contribution in [0, 0.1) is 0 Å². The van der Waals surface area contributed by atoms with E-state index in [1.165, 1.54) is 0 Å². The Morgan fingerprint density at radius 2 is 0.741 bits per heavy atom. The van der Waals surface area contributed by atoms with Gasteiger partial charge in [-0.3, -0.25) is 0 Å². The summed E-state index contributed by atoms with van der Waals surface area (Å²) >= 11 is 0. The van der Waals surface area contributed by atoms with E-state index in [1.807, 2.05) is 0 Å². The fourth-order valence-electron chi connectivity index (χ4n) is 1.36. The maximum Gasteiger partial charge on any atom is 0.460 e. The SMILES string of the molecule is FC(=C(C(F)(F)F)C(F)(F)C(F)(F)C(F)(F)F)C(F)(C(F)(F)F)C(F)(F)F. The summed E-state index contributed by atoms with van der Waals surface area (Å²) in [7, 11) is 0. The average molecular weight is 450 g/mol. The highest BCUT2D eigenvalue weighted by Gasteiger charge is 2.82. The minimum Gasteiger partial charge on any atom is -0.215 e. The largest absolute Gasteiger partial charge is 0.460 e. The zero-order valence-corrected chi connectivity index (χ0v) is 11.3. The van der Waals surface area contributed by atoms with Gasteiger partial charge in [0.2, 0.25) is 0 Å². The fourth-order valence-corrected chi connectivity index (χ4v) is 1.36. The molecule has 0 amide bonds. The molecule has 0 fully saturated rings. The van der Waals surface area contributed by atoms with Crippen LogP contribution in [0.1, 0.15) is 0 Å². The van der Waals surface area contributed by atoms with E-state index >= 15 is 0 Å². The molecule has 0 rings (SSSR count). The molecule has 0 bridgehead atoms. The van der Waals surface area contributed by atoms with Crippen molar-refractivity contribution in [3.05, 3.63) is 11.4 Å².